The van der Waals surface area contributed by atoms with Gasteiger partial charge in [0.25, 0.3) is 0 Å². The lowest BCUT2D eigenvalue weighted by molar-refractivity contribution is 0.617. The van der Waals surface area contributed by atoms with Crippen LogP contribution < -0.4 is 5.32 Å². The number of hydrogen-bond acceptors (Lipinski definition) is 4. The summed E-state index contributed by atoms with van der Waals surface area (Å²) in [7, 11) is 0. The highest BCUT2D eigenvalue weighted by Crippen LogP contribution is 2.37. The standard InChI is InChI=1S/C15H15Cl2N3S/c1-9-15(21-13-6-2-4-10(16)14(13)17)19-8-12(20-9)11-5-3-7-18-11/h2,4,6,8,11,18H,3,5,7H2,1H3. The molecular weight excluding hydrogens is 325 g/mol. The van der Waals surface area contributed by atoms with Crippen LogP contribution in [0.1, 0.15) is 30.3 Å². The van der Waals surface area contributed by atoms with E-state index in [1.54, 1.807) is 6.07 Å². The van der Waals surface area contributed by atoms with Crippen molar-refractivity contribution in [1.29, 1.82) is 0 Å². The molecule has 2 heterocycles. The average molecular weight is 340 g/mol. The molecule has 0 amide bonds. The monoisotopic (exact) mass is 339 g/mol. The number of nitrogens with zero attached hydrogens (tertiary/aromatic N) is 2. The second kappa shape index (κ2) is 6.53. The van der Waals surface area contributed by atoms with Gasteiger partial charge in [-0.2, -0.15) is 0 Å². The molecule has 21 heavy (non-hydrogen) atoms. The average Bonchev–Trinajstić information content (AvgIpc) is 3.00. The molecule has 110 valence electrons. The normalized spacial score (nSPS) is 18.1. The minimum Gasteiger partial charge on any atom is -0.309 e. The Morgan fingerprint density at radius 1 is 1.33 bits per heavy atom. The number of aryl methyl sites for hydroxylation is 1. The molecule has 1 aromatic carbocycles. The Kier molecular flexibility index (Phi) is 4.69. The lowest BCUT2D eigenvalue weighted by Crippen LogP contribution is -2.15. The first-order chi connectivity index (χ1) is 10.1. The van der Waals surface area contributed by atoms with Gasteiger partial charge in [0.1, 0.15) is 5.03 Å². The maximum atomic E-state index is 6.22. The van der Waals surface area contributed by atoms with Crippen LogP contribution in [0.2, 0.25) is 10.0 Å². The smallest absolute Gasteiger partial charge is 0.122 e. The first-order valence-electron chi connectivity index (χ1n) is 6.84. The highest BCUT2D eigenvalue weighted by molar-refractivity contribution is 7.99. The summed E-state index contributed by atoms with van der Waals surface area (Å²) in [5.41, 5.74) is 1.94. The van der Waals surface area contributed by atoms with Crippen LogP contribution in [0.25, 0.3) is 0 Å². The second-order valence-corrected chi connectivity index (χ2v) is 6.80. The summed E-state index contributed by atoms with van der Waals surface area (Å²) in [6, 6.07) is 5.94. The number of halogens is 2. The van der Waals surface area contributed by atoms with Crippen LogP contribution in [-0.4, -0.2) is 16.5 Å². The maximum Gasteiger partial charge on any atom is 0.122 e. The molecule has 1 aromatic heterocycles. The van der Waals surface area contributed by atoms with Gasteiger partial charge in [0.2, 0.25) is 0 Å². The van der Waals surface area contributed by atoms with Crippen molar-refractivity contribution in [2.75, 3.05) is 6.54 Å². The summed E-state index contributed by atoms with van der Waals surface area (Å²) >= 11 is 13.8. The minimum atomic E-state index is 0.338. The molecule has 1 aliphatic heterocycles. The third kappa shape index (κ3) is 3.34. The van der Waals surface area contributed by atoms with Gasteiger partial charge in [0, 0.05) is 4.90 Å². The summed E-state index contributed by atoms with van der Waals surface area (Å²) in [5.74, 6) is 0. The highest BCUT2D eigenvalue weighted by Gasteiger charge is 2.19. The molecule has 3 rings (SSSR count). The molecule has 1 fully saturated rings. The number of rotatable bonds is 3. The van der Waals surface area contributed by atoms with E-state index in [1.807, 2.05) is 25.3 Å². The van der Waals surface area contributed by atoms with E-state index in [9.17, 15) is 0 Å². The summed E-state index contributed by atoms with van der Waals surface area (Å²) < 4.78 is 0. The van der Waals surface area contributed by atoms with E-state index in [0.717, 1.165) is 34.3 Å². The largest absolute Gasteiger partial charge is 0.309 e. The topological polar surface area (TPSA) is 37.8 Å². The van der Waals surface area contributed by atoms with Crippen LogP contribution in [0.15, 0.2) is 34.3 Å². The highest BCUT2D eigenvalue weighted by atomic mass is 35.5. The molecule has 1 N–H and O–H groups in total. The number of aromatic nitrogens is 2. The molecule has 1 saturated heterocycles. The van der Waals surface area contributed by atoms with Crippen LogP contribution in [0.3, 0.4) is 0 Å². The third-order valence-electron chi connectivity index (χ3n) is 3.46. The maximum absolute atomic E-state index is 6.22. The zero-order valence-electron chi connectivity index (χ0n) is 11.6. The minimum absolute atomic E-state index is 0.338. The molecule has 0 radical (unpaired) electrons. The zero-order chi connectivity index (χ0) is 14.8. The molecule has 0 aliphatic carbocycles. The molecule has 2 aromatic rings. The van der Waals surface area contributed by atoms with Gasteiger partial charge in [-0.3, -0.25) is 4.98 Å². The summed E-state index contributed by atoms with van der Waals surface area (Å²) in [4.78, 5) is 10.1. The van der Waals surface area contributed by atoms with Gasteiger partial charge in [-0.05, 0) is 38.4 Å². The van der Waals surface area contributed by atoms with Gasteiger partial charge in [0.15, 0.2) is 0 Å². The van der Waals surface area contributed by atoms with E-state index >= 15 is 0 Å². The Balaban J connectivity index is 1.84. The van der Waals surface area contributed by atoms with Crippen molar-refractivity contribution in [3.63, 3.8) is 0 Å². The first-order valence-corrected chi connectivity index (χ1v) is 8.41. The van der Waals surface area contributed by atoms with Crippen molar-refractivity contribution in [2.24, 2.45) is 0 Å². The fourth-order valence-electron chi connectivity index (χ4n) is 2.36. The Labute approximate surface area is 138 Å². The molecule has 0 bridgehead atoms. The fraction of sp³-hybridized carbons (Fsp3) is 0.333. The van der Waals surface area contributed by atoms with Crippen LogP contribution in [0, 0.1) is 6.92 Å². The van der Waals surface area contributed by atoms with E-state index in [2.05, 4.69) is 15.3 Å². The van der Waals surface area contributed by atoms with Gasteiger partial charge >= 0.3 is 0 Å². The van der Waals surface area contributed by atoms with Crippen LogP contribution >= 0.6 is 35.0 Å². The molecule has 1 unspecified atom stereocenters. The van der Waals surface area contributed by atoms with Crippen molar-refractivity contribution in [2.45, 2.75) is 35.7 Å². The predicted molar refractivity (Wildman–Crippen MR) is 87.3 cm³/mol. The van der Waals surface area contributed by atoms with Crippen molar-refractivity contribution in [1.82, 2.24) is 15.3 Å². The van der Waals surface area contributed by atoms with E-state index in [0.29, 0.717) is 16.1 Å². The quantitative estimate of drug-likeness (QED) is 0.881. The summed E-state index contributed by atoms with van der Waals surface area (Å²) in [6.07, 6.45) is 4.18. The molecule has 1 aliphatic rings. The van der Waals surface area contributed by atoms with Crippen LogP contribution in [-0.2, 0) is 0 Å². The fourth-order valence-corrected chi connectivity index (χ4v) is 3.69. The van der Waals surface area contributed by atoms with Gasteiger partial charge < -0.3 is 5.32 Å². The zero-order valence-corrected chi connectivity index (χ0v) is 13.9. The Hall–Kier alpha value is -0.810. The van der Waals surface area contributed by atoms with Crippen molar-refractivity contribution >= 4 is 35.0 Å². The van der Waals surface area contributed by atoms with E-state index in [4.69, 9.17) is 23.2 Å². The second-order valence-electron chi connectivity index (χ2n) is 4.99. The molecule has 3 nitrogen and oxygen atoms in total. The number of benzene rings is 1. The van der Waals surface area contributed by atoms with Gasteiger partial charge in [-0.1, -0.05) is 41.0 Å². The van der Waals surface area contributed by atoms with Crippen LogP contribution in [0.4, 0.5) is 0 Å². The first kappa shape index (κ1) is 15.1. The van der Waals surface area contributed by atoms with Crippen molar-refractivity contribution in [3.05, 3.63) is 45.8 Å². The third-order valence-corrected chi connectivity index (χ3v) is 5.55. The van der Waals surface area contributed by atoms with E-state index in [-0.39, 0.29) is 0 Å². The molecule has 0 spiro atoms. The Bertz CT molecular complexity index is 657. The van der Waals surface area contributed by atoms with E-state index < -0.39 is 0 Å². The molecular formula is C15H15Cl2N3S. The SMILES string of the molecule is Cc1nc(C2CCCN2)cnc1Sc1cccc(Cl)c1Cl. The van der Waals surface area contributed by atoms with Gasteiger partial charge in [0.05, 0.1) is 33.7 Å². The Morgan fingerprint density at radius 2 is 2.19 bits per heavy atom. The lowest BCUT2D eigenvalue weighted by Gasteiger charge is -2.12. The predicted octanol–water partition coefficient (Wildman–Crippen LogP) is 4.67. The molecule has 6 heteroatoms. The van der Waals surface area contributed by atoms with Crippen LogP contribution in [0.5, 0.6) is 0 Å². The summed E-state index contributed by atoms with van der Waals surface area (Å²) in [5, 5.41) is 5.42. The number of hydrogen-bond donors (Lipinski definition) is 1. The van der Waals surface area contributed by atoms with Gasteiger partial charge in [-0.25, -0.2) is 4.98 Å². The lowest BCUT2D eigenvalue weighted by atomic mass is 10.2. The number of nitrogens with one attached hydrogen (secondary N) is 1. The van der Waals surface area contributed by atoms with Crippen molar-refractivity contribution in [3.8, 4) is 0 Å². The summed E-state index contributed by atoms with van der Waals surface area (Å²) in [6.45, 7) is 3.03. The van der Waals surface area contributed by atoms with E-state index in [1.165, 1.54) is 18.2 Å². The molecule has 1 atom stereocenters. The molecule has 0 saturated carbocycles. The van der Waals surface area contributed by atoms with Crippen molar-refractivity contribution < 1.29 is 0 Å². The van der Waals surface area contributed by atoms with Gasteiger partial charge in [-0.15, -0.1) is 0 Å². The Morgan fingerprint density at radius 3 is 2.90 bits per heavy atom.